The first-order chi connectivity index (χ1) is 13.7. The van der Waals surface area contributed by atoms with E-state index in [1.807, 2.05) is 48.5 Å². The first-order valence-corrected chi connectivity index (χ1v) is 9.80. The maximum Gasteiger partial charge on any atom is 0.200 e. The molecule has 0 fully saturated rings. The summed E-state index contributed by atoms with van der Waals surface area (Å²) in [5.41, 5.74) is 5.62. The average molecular weight is 427 g/mol. The van der Waals surface area contributed by atoms with Crippen LogP contribution in [0.15, 0.2) is 105 Å². The zero-order valence-electron chi connectivity index (χ0n) is 14.9. The van der Waals surface area contributed by atoms with E-state index < -0.39 is 0 Å². The van der Waals surface area contributed by atoms with Crippen LogP contribution in [0.4, 0.5) is 0 Å². The van der Waals surface area contributed by atoms with Crippen LogP contribution in [0.1, 0.15) is 0 Å². The van der Waals surface area contributed by atoms with Crippen LogP contribution in [0.5, 0.6) is 0 Å². The summed E-state index contributed by atoms with van der Waals surface area (Å²) >= 11 is 3.47. The second kappa shape index (κ2) is 6.77. The fraction of sp³-hybridized carbons (Fsp3) is 0. The lowest BCUT2D eigenvalue weighted by atomic mass is 9.99. The number of hydrogen-bond donors (Lipinski definition) is 0. The Morgan fingerprint density at radius 2 is 1.11 bits per heavy atom. The molecule has 28 heavy (non-hydrogen) atoms. The summed E-state index contributed by atoms with van der Waals surface area (Å²) in [6.07, 6.45) is 0. The van der Waals surface area contributed by atoms with Crippen molar-refractivity contribution in [3.05, 3.63) is 106 Å². The molecule has 0 aliphatic carbocycles. The van der Waals surface area contributed by atoms with E-state index in [0.29, 0.717) is 21.9 Å². The van der Waals surface area contributed by atoms with E-state index in [2.05, 4.69) is 52.3 Å². The maximum absolute atomic E-state index is 12.9. The lowest BCUT2D eigenvalue weighted by molar-refractivity contribution is 0.660. The summed E-state index contributed by atoms with van der Waals surface area (Å²) < 4.78 is 6.97. The number of para-hydroxylation sites is 1. The van der Waals surface area contributed by atoms with Crippen molar-refractivity contribution >= 4 is 37.9 Å². The molecule has 0 aliphatic rings. The summed E-state index contributed by atoms with van der Waals surface area (Å²) in [5, 5.41) is 1.21. The van der Waals surface area contributed by atoms with Crippen molar-refractivity contribution in [1.29, 1.82) is 0 Å². The highest BCUT2D eigenvalue weighted by molar-refractivity contribution is 9.10. The molecule has 0 amide bonds. The van der Waals surface area contributed by atoms with Crippen molar-refractivity contribution in [2.75, 3.05) is 0 Å². The summed E-state index contributed by atoms with van der Waals surface area (Å²) in [5.74, 6) is 0. The van der Waals surface area contributed by atoms with Gasteiger partial charge in [0.2, 0.25) is 5.43 Å². The zero-order chi connectivity index (χ0) is 19.1. The second-order valence-electron chi connectivity index (χ2n) is 6.72. The largest absolute Gasteiger partial charge is 0.456 e. The predicted molar refractivity (Wildman–Crippen MR) is 119 cm³/mol. The Hall–Kier alpha value is -3.17. The van der Waals surface area contributed by atoms with Gasteiger partial charge in [-0.1, -0.05) is 70.5 Å². The summed E-state index contributed by atoms with van der Waals surface area (Å²) in [6, 6.07) is 29.8. The molecule has 0 radical (unpaired) electrons. The molecule has 0 N–H and O–H groups in total. The third-order valence-electron chi connectivity index (χ3n) is 4.97. The van der Waals surface area contributed by atoms with Crippen LogP contribution >= 0.6 is 15.9 Å². The topological polar surface area (TPSA) is 30.2 Å². The molecule has 0 aliphatic heterocycles. The Labute approximate surface area is 170 Å². The molecule has 2 nitrogen and oxygen atoms in total. The minimum absolute atomic E-state index is 0.00480. The molecule has 0 bridgehead atoms. The molecule has 5 aromatic rings. The molecule has 0 unspecified atom stereocenters. The van der Waals surface area contributed by atoms with Crippen LogP contribution in [0.3, 0.4) is 0 Å². The van der Waals surface area contributed by atoms with Gasteiger partial charge in [0.05, 0.1) is 10.8 Å². The predicted octanol–water partition coefficient (Wildman–Crippen LogP) is 7.04. The summed E-state index contributed by atoms with van der Waals surface area (Å²) in [7, 11) is 0. The molecule has 4 aromatic carbocycles. The smallest absolute Gasteiger partial charge is 0.200 e. The van der Waals surface area contributed by atoms with Crippen molar-refractivity contribution in [2.45, 2.75) is 0 Å². The Morgan fingerprint density at radius 3 is 1.82 bits per heavy atom. The lowest BCUT2D eigenvalue weighted by Crippen LogP contribution is -2.01. The van der Waals surface area contributed by atoms with Crippen LogP contribution in [0.2, 0.25) is 0 Å². The van der Waals surface area contributed by atoms with Gasteiger partial charge in [-0.05, 0) is 58.7 Å². The van der Waals surface area contributed by atoms with Crippen LogP contribution in [-0.2, 0) is 0 Å². The van der Waals surface area contributed by atoms with Crippen LogP contribution in [-0.4, -0.2) is 0 Å². The highest BCUT2D eigenvalue weighted by Gasteiger charge is 2.09. The maximum atomic E-state index is 12.9. The van der Waals surface area contributed by atoms with Gasteiger partial charge in [-0.3, -0.25) is 4.79 Å². The van der Waals surface area contributed by atoms with Gasteiger partial charge in [-0.25, -0.2) is 0 Å². The van der Waals surface area contributed by atoms with E-state index in [-0.39, 0.29) is 5.43 Å². The van der Waals surface area contributed by atoms with Gasteiger partial charge in [0.1, 0.15) is 11.2 Å². The average Bonchev–Trinajstić information content (AvgIpc) is 2.75. The first-order valence-electron chi connectivity index (χ1n) is 9.01. The van der Waals surface area contributed by atoms with Crippen molar-refractivity contribution in [3.8, 4) is 22.3 Å². The highest BCUT2D eigenvalue weighted by Crippen LogP contribution is 2.28. The fourth-order valence-corrected chi connectivity index (χ4v) is 3.74. The van der Waals surface area contributed by atoms with Gasteiger partial charge < -0.3 is 4.42 Å². The SMILES string of the molecule is O=c1c2ccccc2oc2ccc(-c3ccc(-c4ccc(Br)cc4)cc3)cc12. The molecule has 1 heterocycles. The minimum atomic E-state index is 0.00480. The van der Waals surface area contributed by atoms with Gasteiger partial charge >= 0.3 is 0 Å². The Balaban J connectivity index is 1.59. The Morgan fingerprint density at radius 1 is 0.571 bits per heavy atom. The first kappa shape index (κ1) is 17.0. The lowest BCUT2D eigenvalue weighted by Gasteiger charge is -2.07. The van der Waals surface area contributed by atoms with Gasteiger partial charge in [0.25, 0.3) is 0 Å². The number of rotatable bonds is 2. The Kier molecular flexibility index (Phi) is 4.10. The van der Waals surface area contributed by atoms with Crippen molar-refractivity contribution in [1.82, 2.24) is 0 Å². The van der Waals surface area contributed by atoms with Gasteiger partial charge in [-0.2, -0.15) is 0 Å². The second-order valence-corrected chi connectivity index (χ2v) is 7.64. The number of hydrogen-bond acceptors (Lipinski definition) is 2. The van der Waals surface area contributed by atoms with E-state index in [9.17, 15) is 4.79 Å². The molecular weight excluding hydrogens is 412 g/mol. The van der Waals surface area contributed by atoms with Crippen molar-refractivity contribution in [3.63, 3.8) is 0 Å². The van der Waals surface area contributed by atoms with Gasteiger partial charge in [-0.15, -0.1) is 0 Å². The molecular formula is C25H15BrO2. The number of halogens is 1. The Bertz CT molecular complexity index is 1360. The normalized spacial score (nSPS) is 11.2. The minimum Gasteiger partial charge on any atom is -0.456 e. The van der Waals surface area contributed by atoms with Crippen molar-refractivity contribution in [2.24, 2.45) is 0 Å². The molecule has 0 atom stereocenters. The van der Waals surface area contributed by atoms with E-state index in [1.165, 1.54) is 5.56 Å². The monoisotopic (exact) mass is 426 g/mol. The molecule has 3 heteroatoms. The van der Waals surface area contributed by atoms with E-state index in [4.69, 9.17) is 4.42 Å². The molecule has 0 spiro atoms. The summed E-state index contributed by atoms with van der Waals surface area (Å²) in [6.45, 7) is 0. The van der Waals surface area contributed by atoms with Crippen LogP contribution in [0.25, 0.3) is 44.2 Å². The van der Waals surface area contributed by atoms with Crippen LogP contribution < -0.4 is 5.43 Å². The quantitative estimate of drug-likeness (QED) is 0.283. The molecule has 0 saturated carbocycles. The van der Waals surface area contributed by atoms with Gasteiger partial charge in [0.15, 0.2) is 0 Å². The molecule has 134 valence electrons. The van der Waals surface area contributed by atoms with Crippen LogP contribution in [0, 0.1) is 0 Å². The number of fused-ring (bicyclic) bond motifs is 2. The highest BCUT2D eigenvalue weighted by atomic mass is 79.9. The van der Waals surface area contributed by atoms with Crippen molar-refractivity contribution < 1.29 is 4.42 Å². The third-order valence-corrected chi connectivity index (χ3v) is 5.50. The third kappa shape index (κ3) is 2.94. The molecule has 5 rings (SSSR count). The van der Waals surface area contributed by atoms with E-state index >= 15 is 0 Å². The zero-order valence-corrected chi connectivity index (χ0v) is 16.4. The standard InChI is InChI=1S/C25H15BrO2/c26-20-12-9-17(10-13-20)16-5-7-18(8-6-16)19-11-14-24-22(15-19)25(27)21-3-1-2-4-23(21)28-24/h1-15H. The fourth-order valence-electron chi connectivity index (χ4n) is 3.48. The van der Waals surface area contributed by atoms with Gasteiger partial charge in [0, 0.05) is 4.47 Å². The van der Waals surface area contributed by atoms with E-state index in [0.717, 1.165) is 21.2 Å². The molecule has 0 saturated heterocycles. The number of benzene rings is 4. The summed E-state index contributed by atoms with van der Waals surface area (Å²) in [4.78, 5) is 12.9. The molecule has 1 aromatic heterocycles. The van der Waals surface area contributed by atoms with E-state index in [1.54, 1.807) is 6.07 Å².